The molecule has 1 heterocycles. The summed E-state index contributed by atoms with van der Waals surface area (Å²) in [6.45, 7) is 4.24. The van der Waals surface area contributed by atoms with Crippen LogP contribution in [0.5, 0.6) is 0 Å². The van der Waals surface area contributed by atoms with Gasteiger partial charge in [0.2, 0.25) is 5.91 Å². The number of amides is 2. The van der Waals surface area contributed by atoms with Gasteiger partial charge in [-0.1, -0.05) is 50.6 Å². The number of aryl methyl sites for hydroxylation is 2. The molecule has 4 nitrogen and oxygen atoms in total. The van der Waals surface area contributed by atoms with Gasteiger partial charge < -0.3 is 5.32 Å². The summed E-state index contributed by atoms with van der Waals surface area (Å²) in [5, 5.41) is 3.27. The first-order chi connectivity index (χ1) is 12.6. The number of nitrogens with one attached hydrogen (secondary N) is 1. The molecule has 0 saturated carbocycles. The summed E-state index contributed by atoms with van der Waals surface area (Å²) in [4.78, 5) is 26.6. The third-order valence-electron chi connectivity index (χ3n) is 4.89. The minimum atomic E-state index is -0.505. The highest BCUT2D eigenvalue weighted by atomic mass is 16.2. The summed E-state index contributed by atoms with van der Waals surface area (Å²) < 4.78 is 0. The Bertz CT molecular complexity index is 783. The lowest BCUT2D eigenvalue weighted by atomic mass is 10.1. The first kappa shape index (κ1) is 18.2. The molecular weight excluding hydrogens is 324 g/mol. The molecular formula is C22H26N2O2. The highest BCUT2D eigenvalue weighted by Crippen LogP contribution is 2.26. The maximum atomic E-state index is 12.8. The number of anilines is 2. The second kappa shape index (κ2) is 8.17. The molecule has 2 aromatic carbocycles. The molecule has 1 saturated heterocycles. The summed E-state index contributed by atoms with van der Waals surface area (Å²) in [7, 11) is 0. The fourth-order valence-electron chi connectivity index (χ4n) is 3.37. The maximum absolute atomic E-state index is 12.8. The van der Waals surface area contributed by atoms with Crippen molar-refractivity contribution in [3.63, 3.8) is 0 Å². The van der Waals surface area contributed by atoms with E-state index in [9.17, 15) is 9.59 Å². The number of para-hydroxylation sites is 1. The summed E-state index contributed by atoms with van der Waals surface area (Å²) in [5.41, 5.74) is 3.97. The first-order valence-electron chi connectivity index (χ1n) is 9.44. The monoisotopic (exact) mass is 350 g/mol. The number of carbonyl (C=O) groups excluding carboxylic acids is 2. The van der Waals surface area contributed by atoms with Gasteiger partial charge in [0.05, 0.1) is 12.1 Å². The van der Waals surface area contributed by atoms with E-state index in [0.717, 1.165) is 36.9 Å². The molecule has 1 aliphatic heterocycles. The second-order valence-electron chi connectivity index (χ2n) is 6.75. The van der Waals surface area contributed by atoms with Gasteiger partial charge in [-0.25, -0.2) is 4.90 Å². The molecule has 2 aromatic rings. The van der Waals surface area contributed by atoms with Gasteiger partial charge in [-0.2, -0.15) is 0 Å². The standard InChI is InChI=1S/C22H26N2O2/c1-3-5-8-16-11-13-18(14-12-16)24-21(25)15-20(22(24)26)23-19-10-7-6-9-17(19)4-2/h6-7,9-14,20,23H,3-5,8,15H2,1-2H3. The maximum Gasteiger partial charge on any atom is 0.256 e. The van der Waals surface area contributed by atoms with Crippen molar-refractivity contribution < 1.29 is 9.59 Å². The summed E-state index contributed by atoms with van der Waals surface area (Å²) in [5.74, 6) is -0.329. The third-order valence-corrected chi connectivity index (χ3v) is 4.89. The van der Waals surface area contributed by atoms with E-state index in [-0.39, 0.29) is 18.2 Å². The molecule has 4 heteroatoms. The van der Waals surface area contributed by atoms with Crippen molar-refractivity contribution in [2.24, 2.45) is 0 Å². The van der Waals surface area contributed by atoms with Gasteiger partial charge in [-0.15, -0.1) is 0 Å². The molecule has 136 valence electrons. The zero-order valence-electron chi connectivity index (χ0n) is 15.5. The molecule has 2 amide bonds. The lowest BCUT2D eigenvalue weighted by Crippen LogP contribution is -2.35. The number of unbranched alkanes of at least 4 members (excludes halogenated alkanes) is 1. The average Bonchev–Trinajstić information content (AvgIpc) is 2.94. The van der Waals surface area contributed by atoms with Crippen LogP contribution in [0.4, 0.5) is 11.4 Å². The van der Waals surface area contributed by atoms with Crippen molar-refractivity contribution in [3.05, 3.63) is 59.7 Å². The normalized spacial score (nSPS) is 17.0. The quantitative estimate of drug-likeness (QED) is 0.756. The van der Waals surface area contributed by atoms with Crippen LogP contribution in [0.2, 0.25) is 0 Å². The predicted octanol–water partition coefficient (Wildman–Crippen LogP) is 4.34. The lowest BCUT2D eigenvalue weighted by molar-refractivity contribution is -0.121. The second-order valence-corrected chi connectivity index (χ2v) is 6.75. The number of hydrogen-bond donors (Lipinski definition) is 1. The van der Waals surface area contributed by atoms with Gasteiger partial charge >= 0.3 is 0 Å². The molecule has 0 bridgehead atoms. The Morgan fingerprint density at radius 1 is 1.04 bits per heavy atom. The van der Waals surface area contributed by atoms with Crippen LogP contribution in [-0.2, 0) is 22.4 Å². The average molecular weight is 350 g/mol. The van der Waals surface area contributed by atoms with E-state index < -0.39 is 6.04 Å². The minimum absolute atomic E-state index is 0.150. The van der Waals surface area contributed by atoms with Crippen LogP contribution in [0, 0.1) is 0 Å². The Morgan fingerprint density at radius 2 is 1.77 bits per heavy atom. The topological polar surface area (TPSA) is 49.4 Å². The SMILES string of the molecule is CCCCc1ccc(N2C(=O)CC(Nc3ccccc3CC)C2=O)cc1. The van der Waals surface area contributed by atoms with Crippen LogP contribution < -0.4 is 10.2 Å². The Kier molecular flexibility index (Phi) is 5.71. The molecule has 1 unspecified atom stereocenters. The molecule has 0 aliphatic carbocycles. The van der Waals surface area contributed by atoms with Crippen LogP contribution in [0.15, 0.2) is 48.5 Å². The molecule has 26 heavy (non-hydrogen) atoms. The zero-order valence-corrected chi connectivity index (χ0v) is 15.5. The number of rotatable bonds is 7. The van der Waals surface area contributed by atoms with Gasteiger partial charge in [0.15, 0.2) is 0 Å². The lowest BCUT2D eigenvalue weighted by Gasteiger charge is -2.17. The molecule has 1 fully saturated rings. The molecule has 0 aromatic heterocycles. The smallest absolute Gasteiger partial charge is 0.256 e. The Balaban J connectivity index is 1.74. The number of imide groups is 1. The summed E-state index contributed by atoms with van der Waals surface area (Å²) in [6.07, 6.45) is 4.38. The molecule has 3 rings (SSSR count). The van der Waals surface area contributed by atoms with E-state index in [1.807, 2.05) is 48.5 Å². The van der Waals surface area contributed by atoms with Crippen LogP contribution in [0.25, 0.3) is 0 Å². The Hall–Kier alpha value is -2.62. The van der Waals surface area contributed by atoms with Gasteiger partial charge in [0, 0.05) is 5.69 Å². The molecule has 0 spiro atoms. The number of carbonyl (C=O) groups is 2. The van der Waals surface area contributed by atoms with Gasteiger partial charge in [-0.3, -0.25) is 9.59 Å². The van der Waals surface area contributed by atoms with Crippen molar-refractivity contribution in [1.29, 1.82) is 0 Å². The third kappa shape index (κ3) is 3.79. The molecule has 1 atom stereocenters. The summed E-state index contributed by atoms with van der Waals surface area (Å²) >= 11 is 0. The fourth-order valence-corrected chi connectivity index (χ4v) is 3.37. The number of hydrogen-bond acceptors (Lipinski definition) is 3. The van der Waals surface area contributed by atoms with Crippen LogP contribution >= 0.6 is 0 Å². The van der Waals surface area contributed by atoms with Gasteiger partial charge in [-0.05, 0) is 48.6 Å². The highest BCUT2D eigenvalue weighted by molar-refractivity contribution is 6.23. The van der Waals surface area contributed by atoms with E-state index >= 15 is 0 Å². The number of benzene rings is 2. The van der Waals surface area contributed by atoms with Gasteiger partial charge in [0.1, 0.15) is 6.04 Å². The van der Waals surface area contributed by atoms with E-state index in [2.05, 4.69) is 19.2 Å². The van der Waals surface area contributed by atoms with E-state index in [4.69, 9.17) is 0 Å². The van der Waals surface area contributed by atoms with Crippen molar-refractivity contribution in [2.75, 3.05) is 10.2 Å². The Morgan fingerprint density at radius 3 is 2.46 bits per heavy atom. The molecule has 1 N–H and O–H groups in total. The van der Waals surface area contributed by atoms with Crippen molar-refractivity contribution >= 4 is 23.2 Å². The van der Waals surface area contributed by atoms with Crippen molar-refractivity contribution in [2.45, 2.75) is 52.0 Å². The van der Waals surface area contributed by atoms with E-state index in [0.29, 0.717) is 5.69 Å². The van der Waals surface area contributed by atoms with Crippen LogP contribution in [-0.4, -0.2) is 17.9 Å². The largest absolute Gasteiger partial charge is 0.373 e. The minimum Gasteiger partial charge on any atom is -0.373 e. The number of nitrogens with zero attached hydrogens (tertiary/aromatic N) is 1. The van der Waals surface area contributed by atoms with E-state index in [1.165, 1.54) is 10.5 Å². The molecule has 0 radical (unpaired) electrons. The first-order valence-corrected chi connectivity index (χ1v) is 9.44. The van der Waals surface area contributed by atoms with Crippen molar-refractivity contribution in [1.82, 2.24) is 0 Å². The predicted molar refractivity (Wildman–Crippen MR) is 105 cm³/mol. The van der Waals surface area contributed by atoms with Crippen LogP contribution in [0.1, 0.15) is 44.2 Å². The Labute approximate surface area is 155 Å². The highest BCUT2D eigenvalue weighted by Gasteiger charge is 2.39. The van der Waals surface area contributed by atoms with Crippen molar-refractivity contribution in [3.8, 4) is 0 Å². The zero-order chi connectivity index (χ0) is 18.5. The van der Waals surface area contributed by atoms with Crippen LogP contribution in [0.3, 0.4) is 0 Å². The fraction of sp³-hybridized carbons (Fsp3) is 0.364. The molecule has 1 aliphatic rings. The van der Waals surface area contributed by atoms with E-state index in [1.54, 1.807) is 0 Å². The van der Waals surface area contributed by atoms with Gasteiger partial charge in [0.25, 0.3) is 5.91 Å². The summed E-state index contributed by atoms with van der Waals surface area (Å²) in [6, 6.07) is 15.2.